The monoisotopic (exact) mass is 253 g/mol. The Hall–Kier alpha value is -2.11. The molecule has 0 aliphatic carbocycles. The van der Waals surface area contributed by atoms with Gasteiger partial charge in [-0.1, -0.05) is 30.3 Å². The highest BCUT2D eigenvalue weighted by molar-refractivity contribution is 6.60. The van der Waals surface area contributed by atoms with Crippen LogP contribution >= 0.6 is 0 Å². The molecular weight excluding hydrogens is 241 g/mol. The number of fused-ring (bicyclic) bond motifs is 1. The van der Waals surface area contributed by atoms with Crippen molar-refractivity contribution in [3.05, 3.63) is 53.6 Å². The fourth-order valence-electron chi connectivity index (χ4n) is 2.37. The van der Waals surface area contributed by atoms with Crippen LogP contribution < -0.4 is 10.8 Å². The predicted molar refractivity (Wildman–Crippen MR) is 72.9 cm³/mol. The van der Waals surface area contributed by atoms with E-state index in [1.165, 1.54) is 0 Å². The molecule has 4 nitrogen and oxygen atoms in total. The van der Waals surface area contributed by atoms with E-state index in [9.17, 15) is 14.8 Å². The molecule has 3 N–H and O–H groups in total. The van der Waals surface area contributed by atoms with Crippen molar-refractivity contribution in [2.75, 3.05) is 0 Å². The molecule has 0 saturated carbocycles. The van der Waals surface area contributed by atoms with Gasteiger partial charge in [0.15, 0.2) is 0 Å². The van der Waals surface area contributed by atoms with Gasteiger partial charge in [-0.05, 0) is 34.3 Å². The first-order chi connectivity index (χ1) is 9.16. The van der Waals surface area contributed by atoms with Crippen molar-refractivity contribution < 1.29 is 14.8 Å². The Balaban J connectivity index is 2.22. The van der Waals surface area contributed by atoms with Gasteiger partial charge in [0.1, 0.15) is 0 Å². The molecule has 0 atom stereocenters. The van der Waals surface area contributed by atoms with Gasteiger partial charge in [0, 0.05) is 12.1 Å². The number of hydrogen-bond donors (Lipinski definition) is 3. The maximum absolute atomic E-state index is 11.6. The molecule has 0 saturated heterocycles. The smallest absolute Gasteiger partial charge is 0.423 e. The van der Waals surface area contributed by atoms with Crippen molar-refractivity contribution in [2.24, 2.45) is 0 Å². The topological polar surface area (TPSA) is 69.6 Å². The minimum atomic E-state index is -1.60. The number of hydrogen-bond acceptors (Lipinski definition) is 3. The van der Waals surface area contributed by atoms with E-state index in [1.807, 2.05) is 36.4 Å². The molecule has 1 amide bonds. The third kappa shape index (κ3) is 2.03. The molecule has 1 aliphatic heterocycles. The SMILES string of the molecule is O=C1NCc2cc(-c3ccccc3)c(B(O)O)cc21. The maximum Gasteiger partial charge on any atom is 0.489 e. The maximum atomic E-state index is 11.6. The lowest BCUT2D eigenvalue weighted by Gasteiger charge is -2.11. The standard InChI is InChI=1S/C14H12BNO3/c17-14-12-7-13(15(18)19)11(6-10(12)8-16-14)9-4-2-1-3-5-9/h1-7,18-19H,8H2,(H,16,17). The Morgan fingerprint density at radius 2 is 1.79 bits per heavy atom. The molecule has 0 fully saturated rings. The molecule has 5 heteroatoms. The Bertz CT molecular complexity index is 641. The van der Waals surface area contributed by atoms with Gasteiger partial charge in [-0.25, -0.2) is 0 Å². The van der Waals surface area contributed by atoms with Crippen LogP contribution in [0.4, 0.5) is 0 Å². The molecule has 0 spiro atoms. The second kappa shape index (κ2) is 4.53. The summed E-state index contributed by atoms with van der Waals surface area (Å²) in [4.78, 5) is 11.6. The number of benzene rings is 2. The van der Waals surface area contributed by atoms with Gasteiger partial charge >= 0.3 is 7.12 Å². The van der Waals surface area contributed by atoms with Crippen molar-refractivity contribution in [1.82, 2.24) is 5.32 Å². The average Bonchev–Trinajstić information content (AvgIpc) is 2.79. The minimum Gasteiger partial charge on any atom is -0.423 e. The zero-order chi connectivity index (χ0) is 13.4. The van der Waals surface area contributed by atoms with Gasteiger partial charge < -0.3 is 15.4 Å². The van der Waals surface area contributed by atoms with Gasteiger partial charge in [-0.15, -0.1) is 0 Å². The van der Waals surface area contributed by atoms with E-state index in [4.69, 9.17) is 0 Å². The van der Waals surface area contributed by atoms with Crippen molar-refractivity contribution in [3.8, 4) is 11.1 Å². The molecule has 0 bridgehead atoms. The molecule has 3 rings (SSSR count). The lowest BCUT2D eigenvalue weighted by molar-refractivity contribution is 0.0966. The summed E-state index contributed by atoms with van der Waals surface area (Å²) in [6, 6.07) is 12.9. The number of carbonyl (C=O) groups excluding carboxylic acids is 1. The Kier molecular flexibility index (Phi) is 2.85. The molecule has 0 unspecified atom stereocenters. The summed E-state index contributed by atoms with van der Waals surface area (Å²) in [5.41, 5.74) is 3.39. The fourth-order valence-corrected chi connectivity index (χ4v) is 2.37. The third-order valence-electron chi connectivity index (χ3n) is 3.32. The molecule has 0 aromatic heterocycles. The van der Waals surface area contributed by atoms with Gasteiger partial charge in [-0.2, -0.15) is 0 Å². The summed E-state index contributed by atoms with van der Waals surface area (Å²) < 4.78 is 0. The van der Waals surface area contributed by atoms with Crippen molar-refractivity contribution in [3.63, 3.8) is 0 Å². The Morgan fingerprint density at radius 1 is 1.05 bits per heavy atom. The van der Waals surface area contributed by atoms with Crippen LogP contribution in [0.15, 0.2) is 42.5 Å². The van der Waals surface area contributed by atoms with Crippen molar-refractivity contribution in [1.29, 1.82) is 0 Å². The van der Waals surface area contributed by atoms with Gasteiger partial charge in [0.05, 0.1) is 0 Å². The first kappa shape index (κ1) is 12.0. The van der Waals surface area contributed by atoms with E-state index < -0.39 is 7.12 Å². The van der Waals surface area contributed by atoms with E-state index in [1.54, 1.807) is 6.07 Å². The van der Waals surface area contributed by atoms with Gasteiger partial charge in [-0.3, -0.25) is 4.79 Å². The van der Waals surface area contributed by atoms with Gasteiger partial charge in [0.2, 0.25) is 0 Å². The fraction of sp³-hybridized carbons (Fsp3) is 0.0714. The number of nitrogens with one attached hydrogen (secondary N) is 1. The lowest BCUT2D eigenvalue weighted by atomic mass is 9.74. The molecule has 19 heavy (non-hydrogen) atoms. The highest BCUT2D eigenvalue weighted by atomic mass is 16.4. The van der Waals surface area contributed by atoms with E-state index in [2.05, 4.69) is 5.32 Å². The quantitative estimate of drug-likeness (QED) is 0.673. The molecule has 94 valence electrons. The molecule has 2 aromatic carbocycles. The Morgan fingerprint density at radius 3 is 2.47 bits per heavy atom. The van der Waals surface area contributed by atoms with E-state index >= 15 is 0 Å². The molecule has 1 heterocycles. The van der Waals surface area contributed by atoms with Crippen LogP contribution in [0.3, 0.4) is 0 Å². The zero-order valence-electron chi connectivity index (χ0n) is 10.1. The molecular formula is C14H12BNO3. The second-order valence-corrected chi connectivity index (χ2v) is 4.52. The Labute approximate surface area is 110 Å². The molecule has 0 radical (unpaired) electrons. The van der Waals surface area contributed by atoms with Crippen LogP contribution in [0.1, 0.15) is 15.9 Å². The van der Waals surface area contributed by atoms with E-state index in [0.29, 0.717) is 17.6 Å². The average molecular weight is 253 g/mol. The summed E-state index contributed by atoms with van der Waals surface area (Å²) in [6.07, 6.45) is 0. The van der Waals surface area contributed by atoms with E-state index in [0.717, 1.165) is 16.7 Å². The molecule has 2 aromatic rings. The minimum absolute atomic E-state index is 0.170. The first-order valence-electron chi connectivity index (χ1n) is 6.03. The summed E-state index contributed by atoms with van der Waals surface area (Å²) in [7, 11) is -1.60. The third-order valence-corrected chi connectivity index (χ3v) is 3.32. The summed E-state index contributed by atoms with van der Waals surface area (Å²) in [5, 5.41) is 21.7. The van der Waals surface area contributed by atoms with Crippen LogP contribution in [-0.2, 0) is 6.54 Å². The predicted octanol–water partition coefficient (Wildman–Crippen LogP) is 0.277. The highest BCUT2D eigenvalue weighted by Gasteiger charge is 2.25. The van der Waals surface area contributed by atoms with E-state index in [-0.39, 0.29) is 5.91 Å². The first-order valence-corrected chi connectivity index (χ1v) is 6.03. The van der Waals surface area contributed by atoms with Crippen LogP contribution in [0.2, 0.25) is 0 Å². The molecule has 1 aliphatic rings. The van der Waals surface area contributed by atoms with Crippen molar-refractivity contribution >= 4 is 18.5 Å². The van der Waals surface area contributed by atoms with Crippen LogP contribution in [0, 0.1) is 0 Å². The summed E-state index contributed by atoms with van der Waals surface area (Å²) in [5.74, 6) is -0.170. The zero-order valence-corrected chi connectivity index (χ0v) is 10.1. The van der Waals surface area contributed by atoms with Gasteiger partial charge in [0.25, 0.3) is 5.91 Å². The summed E-state index contributed by atoms with van der Waals surface area (Å²) in [6.45, 7) is 0.482. The lowest BCUT2D eigenvalue weighted by Crippen LogP contribution is -2.32. The highest BCUT2D eigenvalue weighted by Crippen LogP contribution is 2.23. The number of rotatable bonds is 2. The van der Waals surface area contributed by atoms with Crippen LogP contribution in [-0.4, -0.2) is 23.1 Å². The summed E-state index contributed by atoms with van der Waals surface area (Å²) >= 11 is 0. The normalized spacial score (nSPS) is 13.1. The number of carbonyl (C=O) groups is 1. The second-order valence-electron chi connectivity index (χ2n) is 4.52. The number of amides is 1. The largest absolute Gasteiger partial charge is 0.489 e. The van der Waals surface area contributed by atoms with Crippen LogP contribution in [0.25, 0.3) is 11.1 Å². The van der Waals surface area contributed by atoms with Crippen molar-refractivity contribution in [2.45, 2.75) is 6.54 Å². The van der Waals surface area contributed by atoms with Crippen LogP contribution in [0.5, 0.6) is 0 Å².